The molecule has 7 heteroatoms. The normalized spacial score (nSPS) is 11.0. The van der Waals surface area contributed by atoms with Crippen LogP contribution in [0.1, 0.15) is 6.42 Å². The summed E-state index contributed by atoms with van der Waals surface area (Å²) in [5.41, 5.74) is 0.577. The summed E-state index contributed by atoms with van der Waals surface area (Å²) in [6.07, 6.45) is 3.16. The quantitative estimate of drug-likeness (QED) is 0.844. The van der Waals surface area contributed by atoms with Crippen LogP contribution < -0.4 is 10.0 Å². The van der Waals surface area contributed by atoms with Crippen molar-refractivity contribution in [3.63, 3.8) is 0 Å². The Morgan fingerprint density at radius 2 is 1.86 bits per heavy atom. The number of nitrogens with zero attached hydrogens (tertiary/aromatic N) is 1. The summed E-state index contributed by atoms with van der Waals surface area (Å²) in [6.45, 7) is 0.0311. The zero-order valence-corrected chi connectivity index (χ0v) is 12.0. The molecule has 0 fully saturated rings. The Bertz CT molecular complexity index is 688. The van der Waals surface area contributed by atoms with Crippen LogP contribution in [0.5, 0.6) is 0 Å². The lowest BCUT2D eigenvalue weighted by Crippen LogP contribution is -2.27. The summed E-state index contributed by atoms with van der Waals surface area (Å²) in [5.74, 6) is -0.279. The molecule has 2 aromatic rings. The maximum absolute atomic E-state index is 11.9. The highest BCUT2D eigenvalue weighted by atomic mass is 32.2. The number of hydrogen-bond acceptors (Lipinski definition) is 4. The van der Waals surface area contributed by atoms with Crippen molar-refractivity contribution in [3.05, 3.63) is 54.9 Å². The molecular weight excluding hydrogens is 290 g/mol. The molecule has 0 atom stereocenters. The second-order valence-electron chi connectivity index (χ2n) is 4.25. The molecule has 0 aliphatic rings. The third-order valence-corrected chi connectivity index (χ3v) is 4.12. The van der Waals surface area contributed by atoms with Gasteiger partial charge in [-0.25, -0.2) is 13.1 Å². The van der Waals surface area contributed by atoms with Crippen LogP contribution in [0.15, 0.2) is 59.8 Å². The van der Waals surface area contributed by atoms with Crippen molar-refractivity contribution < 1.29 is 13.2 Å². The third kappa shape index (κ3) is 4.66. The fourth-order valence-corrected chi connectivity index (χ4v) is 2.69. The number of pyridine rings is 1. The standard InChI is InChI=1S/C14H15N3O3S/c18-14(17-12-5-4-9-15-11-12)8-10-16-21(19,20)13-6-2-1-3-7-13/h1-7,9,11,16H,8,10H2,(H,17,18). The van der Waals surface area contributed by atoms with Crippen LogP contribution in [-0.2, 0) is 14.8 Å². The monoisotopic (exact) mass is 305 g/mol. The van der Waals surface area contributed by atoms with Gasteiger partial charge in [-0.05, 0) is 24.3 Å². The van der Waals surface area contributed by atoms with Crippen molar-refractivity contribution >= 4 is 21.6 Å². The van der Waals surface area contributed by atoms with Crippen LogP contribution in [0.25, 0.3) is 0 Å². The lowest BCUT2D eigenvalue weighted by molar-refractivity contribution is -0.116. The van der Waals surface area contributed by atoms with Crippen molar-refractivity contribution in [2.75, 3.05) is 11.9 Å². The molecule has 110 valence electrons. The first-order valence-electron chi connectivity index (χ1n) is 6.32. The van der Waals surface area contributed by atoms with Gasteiger partial charge in [-0.1, -0.05) is 18.2 Å². The Hall–Kier alpha value is -2.25. The predicted molar refractivity (Wildman–Crippen MR) is 79.1 cm³/mol. The van der Waals surface area contributed by atoms with Gasteiger partial charge in [0.1, 0.15) is 0 Å². The Kier molecular flexibility index (Phi) is 5.02. The lowest BCUT2D eigenvalue weighted by Gasteiger charge is -2.07. The van der Waals surface area contributed by atoms with Gasteiger partial charge in [0.2, 0.25) is 15.9 Å². The van der Waals surface area contributed by atoms with Gasteiger partial charge in [-0.15, -0.1) is 0 Å². The van der Waals surface area contributed by atoms with Crippen LogP contribution in [0.4, 0.5) is 5.69 Å². The third-order valence-electron chi connectivity index (χ3n) is 2.64. The zero-order valence-electron chi connectivity index (χ0n) is 11.2. The maximum Gasteiger partial charge on any atom is 0.240 e. The Balaban J connectivity index is 1.83. The molecule has 2 N–H and O–H groups in total. The van der Waals surface area contributed by atoms with Crippen molar-refractivity contribution in [1.82, 2.24) is 9.71 Å². The molecule has 0 bridgehead atoms. The zero-order chi connectivity index (χ0) is 15.1. The molecule has 2 rings (SSSR count). The van der Waals surface area contributed by atoms with Gasteiger partial charge in [0, 0.05) is 19.2 Å². The van der Waals surface area contributed by atoms with Gasteiger partial charge in [-0.2, -0.15) is 0 Å². The molecule has 0 aliphatic heterocycles. The van der Waals surface area contributed by atoms with E-state index in [9.17, 15) is 13.2 Å². The summed E-state index contributed by atoms with van der Waals surface area (Å²) >= 11 is 0. The number of hydrogen-bond donors (Lipinski definition) is 2. The van der Waals surface area contributed by atoms with Gasteiger partial charge in [0.05, 0.1) is 16.8 Å². The minimum absolute atomic E-state index is 0.0311. The summed E-state index contributed by atoms with van der Waals surface area (Å²) in [6, 6.07) is 11.4. The van der Waals surface area contributed by atoms with Crippen LogP contribution in [0.3, 0.4) is 0 Å². The number of anilines is 1. The second kappa shape index (κ2) is 6.96. The van der Waals surface area contributed by atoms with Crippen LogP contribution in [0.2, 0.25) is 0 Å². The van der Waals surface area contributed by atoms with E-state index in [1.54, 1.807) is 36.5 Å². The van der Waals surface area contributed by atoms with Gasteiger partial charge in [0.25, 0.3) is 0 Å². The minimum Gasteiger partial charge on any atom is -0.325 e. The number of aromatic nitrogens is 1. The lowest BCUT2D eigenvalue weighted by atomic mass is 10.3. The van der Waals surface area contributed by atoms with E-state index in [1.807, 2.05) is 0 Å². The van der Waals surface area contributed by atoms with Crippen molar-refractivity contribution in [3.8, 4) is 0 Å². The largest absolute Gasteiger partial charge is 0.325 e. The molecule has 0 aliphatic carbocycles. The first kappa shape index (κ1) is 15.1. The van der Waals surface area contributed by atoms with Crippen LogP contribution in [-0.4, -0.2) is 25.9 Å². The summed E-state index contributed by atoms with van der Waals surface area (Å²) in [7, 11) is -3.57. The molecule has 6 nitrogen and oxygen atoms in total. The first-order valence-corrected chi connectivity index (χ1v) is 7.81. The fraction of sp³-hybridized carbons (Fsp3) is 0.143. The highest BCUT2D eigenvalue weighted by Crippen LogP contribution is 2.07. The molecule has 0 saturated carbocycles. The number of amides is 1. The molecular formula is C14H15N3O3S. The van der Waals surface area contributed by atoms with Crippen molar-refractivity contribution in [2.24, 2.45) is 0 Å². The molecule has 1 aromatic carbocycles. The van der Waals surface area contributed by atoms with E-state index in [0.717, 1.165) is 0 Å². The summed E-state index contributed by atoms with van der Waals surface area (Å²) in [5, 5.41) is 2.63. The van der Waals surface area contributed by atoms with Gasteiger partial charge in [-0.3, -0.25) is 9.78 Å². The average molecular weight is 305 g/mol. The second-order valence-corrected chi connectivity index (χ2v) is 6.02. The maximum atomic E-state index is 11.9. The van der Waals surface area contributed by atoms with E-state index in [-0.39, 0.29) is 23.8 Å². The number of sulfonamides is 1. The molecule has 21 heavy (non-hydrogen) atoms. The number of carbonyl (C=O) groups is 1. The van der Waals surface area contributed by atoms with E-state index in [0.29, 0.717) is 5.69 Å². The van der Waals surface area contributed by atoms with E-state index in [2.05, 4.69) is 15.0 Å². The Labute approximate surface area is 123 Å². The number of benzene rings is 1. The summed E-state index contributed by atoms with van der Waals surface area (Å²) < 4.78 is 26.2. The molecule has 1 heterocycles. The highest BCUT2D eigenvalue weighted by Gasteiger charge is 2.13. The predicted octanol–water partition coefficient (Wildman–Crippen LogP) is 1.39. The van der Waals surface area contributed by atoms with Crippen molar-refractivity contribution in [2.45, 2.75) is 11.3 Å². The molecule has 0 spiro atoms. The van der Waals surface area contributed by atoms with E-state index >= 15 is 0 Å². The van der Waals surface area contributed by atoms with Crippen molar-refractivity contribution in [1.29, 1.82) is 0 Å². The van der Waals surface area contributed by atoms with E-state index in [1.165, 1.54) is 18.3 Å². The molecule has 1 aromatic heterocycles. The first-order chi connectivity index (χ1) is 10.1. The summed E-state index contributed by atoms with van der Waals surface area (Å²) in [4.78, 5) is 15.7. The van der Waals surface area contributed by atoms with Crippen LogP contribution >= 0.6 is 0 Å². The van der Waals surface area contributed by atoms with Crippen LogP contribution in [0, 0.1) is 0 Å². The number of rotatable bonds is 6. The highest BCUT2D eigenvalue weighted by molar-refractivity contribution is 7.89. The average Bonchev–Trinajstić information content (AvgIpc) is 2.49. The van der Waals surface area contributed by atoms with Gasteiger partial charge < -0.3 is 5.32 Å². The Morgan fingerprint density at radius 1 is 1.10 bits per heavy atom. The van der Waals surface area contributed by atoms with Gasteiger partial charge in [0.15, 0.2) is 0 Å². The van der Waals surface area contributed by atoms with Gasteiger partial charge >= 0.3 is 0 Å². The Morgan fingerprint density at radius 3 is 2.52 bits per heavy atom. The van der Waals surface area contributed by atoms with E-state index < -0.39 is 10.0 Å². The SMILES string of the molecule is O=C(CCNS(=O)(=O)c1ccccc1)Nc1cccnc1. The molecule has 1 amide bonds. The minimum atomic E-state index is -3.57. The number of carbonyl (C=O) groups excluding carboxylic acids is 1. The number of nitrogens with one attached hydrogen (secondary N) is 2. The fourth-order valence-electron chi connectivity index (χ4n) is 1.64. The topological polar surface area (TPSA) is 88.2 Å². The molecule has 0 saturated heterocycles. The molecule has 0 unspecified atom stereocenters. The molecule has 0 radical (unpaired) electrons. The van der Waals surface area contributed by atoms with E-state index in [4.69, 9.17) is 0 Å². The smallest absolute Gasteiger partial charge is 0.240 e.